The van der Waals surface area contributed by atoms with E-state index in [0.717, 1.165) is 16.9 Å². The highest BCUT2D eigenvalue weighted by atomic mass is 35.5. The van der Waals surface area contributed by atoms with E-state index in [0.29, 0.717) is 9.79 Å². The summed E-state index contributed by atoms with van der Waals surface area (Å²) in [6.07, 6.45) is 0. The molecular weight excluding hydrogens is 244 g/mol. The minimum Gasteiger partial charge on any atom is -0.497 e. The van der Waals surface area contributed by atoms with Gasteiger partial charge in [0.15, 0.2) is 0 Å². The number of aromatic nitrogens is 2. The number of nitrogens with one attached hydrogen (secondary N) is 1. The Morgan fingerprint density at radius 3 is 2.62 bits per heavy atom. The molecule has 1 heterocycles. The van der Waals surface area contributed by atoms with Gasteiger partial charge in [0, 0.05) is 5.56 Å². The first-order valence-electron chi connectivity index (χ1n) is 4.60. The van der Waals surface area contributed by atoms with Crippen molar-refractivity contribution >= 4 is 23.8 Å². The lowest BCUT2D eigenvalue weighted by Crippen LogP contribution is -1.88. The topological polar surface area (TPSA) is 37.9 Å². The molecule has 3 nitrogen and oxygen atoms in total. The molecule has 0 bridgehead atoms. The Labute approximate surface area is 103 Å². The van der Waals surface area contributed by atoms with Crippen LogP contribution in [0.4, 0.5) is 0 Å². The third-order valence-electron chi connectivity index (χ3n) is 2.17. The summed E-state index contributed by atoms with van der Waals surface area (Å²) in [6.45, 7) is 0. The van der Waals surface area contributed by atoms with Gasteiger partial charge in [0.2, 0.25) is 0 Å². The fourth-order valence-electron chi connectivity index (χ4n) is 1.37. The first-order valence-corrected chi connectivity index (χ1v) is 5.39. The Balaban J connectivity index is 2.50. The standard InChI is InChI=1S/C11H9ClN2OS/c1-15-8-4-2-7(3-5-8)9-6-10(12)13-14-11(9)16/h2-6H,1H3,(H,14,16). The average Bonchev–Trinajstić information content (AvgIpc) is 2.32. The molecule has 0 aliphatic carbocycles. The fourth-order valence-corrected chi connectivity index (χ4v) is 1.74. The second-order valence-corrected chi connectivity index (χ2v) is 3.96. The van der Waals surface area contributed by atoms with Crippen molar-refractivity contribution < 1.29 is 4.74 Å². The summed E-state index contributed by atoms with van der Waals surface area (Å²) in [5, 5.41) is 6.90. The molecule has 0 amide bonds. The Kier molecular flexibility index (Phi) is 3.22. The number of hydrogen-bond acceptors (Lipinski definition) is 3. The van der Waals surface area contributed by atoms with Crippen molar-refractivity contribution in [3.8, 4) is 16.9 Å². The summed E-state index contributed by atoms with van der Waals surface area (Å²) in [5.74, 6) is 0.804. The number of nitrogens with zero attached hydrogens (tertiary/aromatic N) is 1. The van der Waals surface area contributed by atoms with Crippen molar-refractivity contribution in [2.45, 2.75) is 0 Å². The quantitative estimate of drug-likeness (QED) is 0.832. The number of benzene rings is 1. The van der Waals surface area contributed by atoms with Crippen LogP contribution in [0.25, 0.3) is 11.1 Å². The number of aromatic amines is 1. The maximum Gasteiger partial charge on any atom is 0.150 e. The Hall–Kier alpha value is -1.39. The van der Waals surface area contributed by atoms with Gasteiger partial charge in [-0.25, -0.2) is 0 Å². The molecule has 0 fully saturated rings. The SMILES string of the molecule is COc1ccc(-c2cc(Cl)n[nH]c2=S)cc1. The van der Waals surface area contributed by atoms with E-state index in [1.54, 1.807) is 13.2 Å². The van der Waals surface area contributed by atoms with E-state index in [1.165, 1.54) is 0 Å². The van der Waals surface area contributed by atoms with Gasteiger partial charge in [0.1, 0.15) is 15.5 Å². The molecule has 2 aromatic rings. The van der Waals surface area contributed by atoms with Gasteiger partial charge in [-0.3, -0.25) is 5.10 Å². The third kappa shape index (κ3) is 2.23. The van der Waals surface area contributed by atoms with E-state index in [-0.39, 0.29) is 0 Å². The molecular formula is C11H9ClN2OS. The summed E-state index contributed by atoms with van der Waals surface area (Å²) in [6, 6.07) is 9.33. The summed E-state index contributed by atoms with van der Waals surface area (Å²) < 4.78 is 5.65. The predicted molar refractivity (Wildman–Crippen MR) is 66.4 cm³/mol. The van der Waals surface area contributed by atoms with Crippen LogP contribution in [0.1, 0.15) is 0 Å². The highest BCUT2D eigenvalue weighted by molar-refractivity contribution is 7.71. The molecule has 0 unspecified atom stereocenters. The molecule has 1 aromatic carbocycles. The normalized spacial score (nSPS) is 10.1. The molecule has 0 aliphatic rings. The molecule has 16 heavy (non-hydrogen) atoms. The van der Waals surface area contributed by atoms with Crippen LogP contribution < -0.4 is 4.74 Å². The lowest BCUT2D eigenvalue weighted by Gasteiger charge is -2.03. The molecule has 82 valence electrons. The number of hydrogen-bond donors (Lipinski definition) is 1. The number of methoxy groups -OCH3 is 1. The number of H-pyrrole nitrogens is 1. The number of ether oxygens (including phenoxy) is 1. The van der Waals surface area contributed by atoms with Crippen LogP contribution in [-0.2, 0) is 0 Å². The molecule has 1 N–H and O–H groups in total. The maximum absolute atomic E-state index is 5.81. The lowest BCUT2D eigenvalue weighted by atomic mass is 10.1. The van der Waals surface area contributed by atoms with E-state index in [9.17, 15) is 0 Å². The molecule has 0 saturated carbocycles. The Morgan fingerprint density at radius 2 is 2.00 bits per heavy atom. The molecule has 0 radical (unpaired) electrons. The van der Waals surface area contributed by atoms with E-state index in [2.05, 4.69) is 10.2 Å². The molecule has 0 atom stereocenters. The molecule has 2 rings (SSSR count). The Bertz CT molecular complexity index is 551. The maximum atomic E-state index is 5.81. The van der Waals surface area contributed by atoms with Crippen LogP contribution in [0.15, 0.2) is 30.3 Å². The molecule has 0 aliphatic heterocycles. The van der Waals surface area contributed by atoms with Crippen LogP contribution >= 0.6 is 23.8 Å². The molecule has 5 heteroatoms. The van der Waals surface area contributed by atoms with Gasteiger partial charge in [0.25, 0.3) is 0 Å². The predicted octanol–water partition coefficient (Wildman–Crippen LogP) is 3.47. The van der Waals surface area contributed by atoms with Crippen molar-refractivity contribution in [2.75, 3.05) is 7.11 Å². The van der Waals surface area contributed by atoms with Crippen molar-refractivity contribution in [3.63, 3.8) is 0 Å². The monoisotopic (exact) mass is 252 g/mol. The summed E-state index contributed by atoms with van der Waals surface area (Å²) in [4.78, 5) is 0. The summed E-state index contributed by atoms with van der Waals surface area (Å²) in [5.41, 5.74) is 1.84. The molecule has 0 saturated heterocycles. The van der Waals surface area contributed by atoms with Crippen LogP contribution in [0.2, 0.25) is 5.15 Å². The van der Waals surface area contributed by atoms with Crippen molar-refractivity contribution in [3.05, 3.63) is 40.1 Å². The van der Waals surface area contributed by atoms with E-state index in [1.807, 2.05) is 24.3 Å². The van der Waals surface area contributed by atoms with Gasteiger partial charge in [-0.15, -0.1) is 0 Å². The van der Waals surface area contributed by atoms with Gasteiger partial charge >= 0.3 is 0 Å². The van der Waals surface area contributed by atoms with Crippen molar-refractivity contribution in [1.82, 2.24) is 10.2 Å². The van der Waals surface area contributed by atoms with E-state index in [4.69, 9.17) is 28.6 Å². The lowest BCUT2D eigenvalue weighted by molar-refractivity contribution is 0.415. The van der Waals surface area contributed by atoms with Crippen LogP contribution in [0.3, 0.4) is 0 Å². The zero-order valence-electron chi connectivity index (χ0n) is 8.53. The van der Waals surface area contributed by atoms with Crippen LogP contribution in [0.5, 0.6) is 5.75 Å². The van der Waals surface area contributed by atoms with Crippen molar-refractivity contribution in [2.24, 2.45) is 0 Å². The highest BCUT2D eigenvalue weighted by Gasteiger charge is 2.02. The van der Waals surface area contributed by atoms with Gasteiger partial charge in [-0.1, -0.05) is 36.0 Å². The first kappa shape index (κ1) is 11.1. The molecule has 1 aromatic heterocycles. The van der Waals surface area contributed by atoms with Crippen LogP contribution in [0, 0.1) is 4.64 Å². The van der Waals surface area contributed by atoms with E-state index >= 15 is 0 Å². The Morgan fingerprint density at radius 1 is 1.31 bits per heavy atom. The average molecular weight is 253 g/mol. The zero-order valence-corrected chi connectivity index (χ0v) is 10.1. The zero-order chi connectivity index (χ0) is 11.5. The van der Waals surface area contributed by atoms with Gasteiger partial charge in [-0.05, 0) is 23.8 Å². The summed E-state index contributed by atoms with van der Waals surface area (Å²) >= 11 is 11.0. The third-order valence-corrected chi connectivity index (χ3v) is 2.68. The minimum atomic E-state index is 0.388. The second-order valence-electron chi connectivity index (χ2n) is 3.16. The van der Waals surface area contributed by atoms with Gasteiger partial charge in [0.05, 0.1) is 7.11 Å². The fraction of sp³-hybridized carbons (Fsp3) is 0.0909. The summed E-state index contributed by atoms with van der Waals surface area (Å²) in [7, 11) is 1.63. The highest BCUT2D eigenvalue weighted by Crippen LogP contribution is 2.24. The minimum absolute atomic E-state index is 0.388. The van der Waals surface area contributed by atoms with Gasteiger partial charge < -0.3 is 4.74 Å². The first-order chi connectivity index (χ1) is 7.70. The number of rotatable bonds is 2. The van der Waals surface area contributed by atoms with E-state index < -0.39 is 0 Å². The largest absolute Gasteiger partial charge is 0.497 e. The second kappa shape index (κ2) is 4.63. The van der Waals surface area contributed by atoms with Crippen molar-refractivity contribution in [1.29, 1.82) is 0 Å². The van der Waals surface area contributed by atoms with Gasteiger partial charge in [-0.2, -0.15) is 5.10 Å². The molecule has 0 spiro atoms. The number of halogens is 1. The van der Waals surface area contributed by atoms with Crippen LogP contribution in [-0.4, -0.2) is 17.3 Å². The smallest absolute Gasteiger partial charge is 0.150 e.